The Bertz CT molecular complexity index is 1050. The molecule has 11 nitrogen and oxygen atoms in total. The van der Waals surface area contributed by atoms with Gasteiger partial charge in [-0.15, -0.1) is 0 Å². The maximum absolute atomic E-state index is 13.9. The van der Waals surface area contributed by atoms with Crippen molar-refractivity contribution >= 4 is 18.0 Å². The molecule has 1 saturated carbocycles. The number of carbonyl (C=O) groups excluding carboxylic acids is 3. The predicted octanol–water partition coefficient (Wildman–Crippen LogP) is 4.00. The average Bonchev–Trinajstić information content (AvgIpc) is 3.62. The van der Waals surface area contributed by atoms with Crippen molar-refractivity contribution in [1.82, 2.24) is 20.0 Å². The van der Waals surface area contributed by atoms with Crippen LogP contribution in [0.15, 0.2) is 18.2 Å². The molecule has 0 radical (unpaired) electrons. The lowest BCUT2D eigenvalue weighted by atomic mass is 10.0. The summed E-state index contributed by atoms with van der Waals surface area (Å²) in [4.78, 5) is 45.0. The Labute approximate surface area is 244 Å². The van der Waals surface area contributed by atoms with Gasteiger partial charge in [0.1, 0.15) is 5.60 Å². The van der Waals surface area contributed by atoms with Crippen LogP contribution in [0.4, 0.5) is 9.59 Å². The van der Waals surface area contributed by atoms with Crippen LogP contribution in [0, 0.1) is 5.92 Å². The molecule has 2 atom stereocenters. The fourth-order valence-corrected chi connectivity index (χ4v) is 4.86. The smallest absolute Gasteiger partial charge is 0.410 e. The summed E-state index contributed by atoms with van der Waals surface area (Å²) in [6.07, 6.45) is 2.24. The van der Waals surface area contributed by atoms with Gasteiger partial charge in [-0.05, 0) is 65.7 Å². The number of likely N-dealkylation sites (tertiary alicyclic amines) is 1. The number of nitrogens with one attached hydrogen (secondary N) is 1. The first-order valence-electron chi connectivity index (χ1n) is 14.5. The third kappa shape index (κ3) is 9.14. The van der Waals surface area contributed by atoms with Crippen LogP contribution in [0.25, 0.3) is 0 Å². The molecule has 0 spiro atoms. The second-order valence-electron chi connectivity index (χ2n) is 12.2. The van der Waals surface area contributed by atoms with Gasteiger partial charge in [-0.3, -0.25) is 4.79 Å². The van der Waals surface area contributed by atoms with Crippen LogP contribution >= 0.6 is 0 Å². The summed E-state index contributed by atoms with van der Waals surface area (Å²) < 4.78 is 22.1. The monoisotopic (exact) mass is 576 g/mol. The van der Waals surface area contributed by atoms with E-state index in [1.54, 1.807) is 54.2 Å². The maximum Gasteiger partial charge on any atom is 0.410 e. The summed E-state index contributed by atoms with van der Waals surface area (Å²) in [6, 6.07) is 4.80. The van der Waals surface area contributed by atoms with Gasteiger partial charge in [0.15, 0.2) is 11.5 Å². The number of ether oxygens (including phenoxy) is 4. The second-order valence-corrected chi connectivity index (χ2v) is 12.2. The van der Waals surface area contributed by atoms with E-state index in [1.807, 2.05) is 34.6 Å². The highest BCUT2D eigenvalue weighted by Gasteiger charge is 2.43. The Kier molecular flexibility index (Phi) is 11.1. The number of rotatable bonds is 12. The first kappa shape index (κ1) is 32.3. The van der Waals surface area contributed by atoms with Crippen molar-refractivity contribution in [1.29, 1.82) is 0 Å². The molecule has 1 saturated heterocycles. The molecule has 1 aromatic rings. The molecule has 0 bridgehead atoms. The number of likely N-dealkylation sites (N-methyl/N-ethyl adjacent to an activating group) is 1. The third-order valence-electron chi connectivity index (χ3n) is 7.26. The molecule has 1 aliphatic heterocycles. The molecule has 230 valence electrons. The minimum absolute atomic E-state index is 0.127. The Morgan fingerprint density at radius 3 is 2.37 bits per heavy atom. The van der Waals surface area contributed by atoms with Crippen molar-refractivity contribution < 1.29 is 33.3 Å². The molecule has 0 unspecified atom stereocenters. The van der Waals surface area contributed by atoms with Gasteiger partial charge in [-0.2, -0.15) is 0 Å². The Morgan fingerprint density at radius 1 is 1.07 bits per heavy atom. The number of hydrogen-bond acceptors (Lipinski definition) is 7. The van der Waals surface area contributed by atoms with E-state index >= 15 is 0 Å². The number of benzene rings is 1. The van der Waals surface area contributed by atoms with Crippen LogP contribution in [-0.2, 0) is 9.47 Å². The zero-order valence-corrected chi connectivity index (χ0v) is 25.9. The highest BCUT2D eigenvalue weighted by atomic mass is 16.6. The molecule has 3 rings (SSSR count). The number of hydrogen-bond donors (Lipinski definition) is 1. The van der Waals surface area contributed by atoms with Crippen LogP contribution in [0.1, 0.15) is 64.2 Å². The minimum atomic E-state index is -0.641. The van der Waals surface area contributed by atoms with Crippen molar-refractivity contribution in [3.63, 3.8) is 0 Å². The minimum Gasteiger partial charge on any atom is -0.493 e. The molecular weight excluding hydrogens is 528 g/mol. The van der Waals surface area contributed by atoms with Crippen molar-refractivity contribution in [2.24, 2.45) is 5.92 Å². The topological polar surface area (TPSA) is 110 Å². The predicted molar refractivity (Wildman–Crippen MR) is 156 cm³/mol. The van der Waals surface area contributed by atoms with Gasteiger partial charge in [-0.1, -0.05) is 0 Å². The summed E-state index contributed by atoms with van der Waals surface area (Å²) >= 11 is 0. The zero-order valence-electron chi connectivity index (χ0n) is 25.9. The maximum atomic E-state index is 13.9. The van der Waals surface area contributed by atoms with Gasteiger partial charge < -0.3 is 39.0 Å². The quantitative estimate of drug-likeness (QED) is 0.375. The first-order valence-corrected chi connectivity index (χ1v) is 14.5. The van der Waals surface area contributed by atoms with Crippen LogP contribution in [0.2, 0.25) is 0 Å². The molecule has 2 aliphatic rings. The lowest BCUT2D eigenvalue weighted by molar-refractivity contribution is 0.0280. The van der Waals surface area contributed by atoms with Crippen molar-refractivity contribution in [2.45, 2.75) is 77.6 Å². The third-order valence-corrected chi connectivity index (χ3v) is 7.26. The van der Waals surface area contributed by atoms with E-state index in [9.17, 15) is 14.4 Å². The molecule has 4 amide bonds. The summed E-state index contributed by atoms with van der Waals surface area (Å²) in [5, 5.41) is 3.04. The first-order chi connectivity index (χ1) is 19.3. The van der Waals surface area contributed by atoms with Crippen LogP contribution in [-0.4, -0.2) is 111 Å². The number of amides is 4. The van der Waals surface area contributed by atoms with Crippen molar-refractivity contribution in [3.8, 4) is 11.5 Å². The standard InChI is InChI=1S/C30H48N4O7/c1-20(2)34(27(35)21-10-13-25(39-8)26(16-21)40-15-9-14-38-7)18-22-17-33(29(37)41-30(3,4)5)19-24(22)32(6)28(36)31-23-11-12-23/h10,13,16,20,22-24H,9,11-12,14-15,17-19H2,1-8H3,(H,31,36)/t22-,24-/m1/s1. The van der Waals surface area contributed by atoms with Crippen molar-refractivity contribution in [2.75, 3.05) is 54.1 Å². The summed E-state index contributed by atoms with van der Waals surface area (Å²) in [5.74, 6) is 0.697. The summed E-state index contributed by atoms with van der Waals surface area (Å²) in [6.45, 7) is 11.5. The average molecular weight is 577 g/mol. The van der Waals surface area contributed by atoms with E-state index in [4.69, 9.17) is 18.9 Å². The van der Waals surface area contributed by atoms with Gasteiger partial charge in [0.25, 0.3) is 5.91 Å². The van der Waals surface area contributed by atoms with Gasteiger partial charge in [0.2, 0.25) is 0 Å². The lowest BCUT2D eigenvalue weighted by Gasteiger charge is -2.34. The molecule has 0 aromatic heterocycles. The van der Waals surface area contributed by atoms with E-state index in [0.717, 1.165) is 12.8 Å². The van der Waals surface area contributed by atoms with E-state index in [-0.39, 0.29) is 36.0 Å². The summed E-state index contributed by atoms with van der Waals surface area (Å²) in [5.41, 5.74) is -0.169. The van der Waals surface area contributed by atoms with Gasteiger partial charge in [0.05, 0.1) is 19.8 Å². The fourth-order valence-electron chi connectivity index (χ4n) is 4.86. The number of urea groups is 1. The zero-order chi connectivity index (χ0) is 30.3. The Balaban J connectivity index is 1.82. The molecule has 1 aromatic carbocycles. The number of nitrogens with zero attached hydrogens (tertiary/aromatic N) is 3. The van der Waals surface area contributed by atoms with E-state index < -0.39 is 11.7 Å². The molecular formula is C30H48N4O7. The van der Waals surface area contributed by atoms with Crippen LogP contribution in [0.3, 0.4) is 0 Å². The number of carbonyl (C=O) groups is 3. The largest absolute Gasteiger partial charge is 0.493 e. The van der Waals surface area contributed by atoms with E-state index in [0.29, 0.717) is 56.3 Å². The molecule has 1 heterocycles. The van der Waals surface area contributed by atoms with Crippen LogP contribution in [0.5, 0.6) is 11.5 Å². The fraction of sp³-hybridized carbons (Fsp3) is 0.700. The molecule has 1 aliphatic carbocycles. The lowest BCUT2D eigenvalue weighted by Crippen LogP contribution is -2.51. The highest BCUT2D eigenvalue weighted by molar-refractivity contribution is 5.95. The van der Waals surface area contributed by atoms with Crippen molar-refractivity contribution in [3.05, 3.63) is 23.8 Å². The molecule has 2 fully saturated rings. The summed E-state index contributed by atoms with van der Waals surface area (Å²) in [7, 11) is 4.96. The molecule has 11 heteroatoms. The molecule has 1 N–H and O–H groups in total. The van der Waals surface area contributed by atoms with Gasteiger partial charge >= 0.3 is 12.1 Å². The van der Waals surface area contributed by atoms with Gasteiger partial charge in [0, 0.05) is 70.4 Å². The second kappa shape index (κ2) is 14.1. The Morgan fingerprint density at radius 2 is 1.78 bits per heavy atom. The number of methoxy groups -OCH3 is 2. The van der Waals surface area contributed by atoms with E-state index in [2.05, 4.69) is 5.32 Å². The van der Waals surface area contributed by atoms with Gasteiger partial charge in [-0.25, -0.2) is 9.59 Å². The Hall–Kier alpha value is -3.21. The normalized spacial score (nSPS) is 18.7. The SMILES string of the molecule is COCCCOc1cc(C(=O)N(C[C@H]2CN(C(=O)OC(C)(C)C)C[C@H]2N(C)C(=O)NC2CC2)C(C)C)ccc1OC. The van der Waals surface area contributed by atoms with E-state index in [1.165, 1.54) is 0 Å². The highest BCUT2D eigenvalue weighted by Crippen LogP contribution is 2.31. The molecule has 41 heavy (non-hydrogen) atoms. The van der Waals surface area contributed by atoms with Crippen LogP contribution < -0.4 is 14.8 Å².